The SMILES string of the molecule is C#C[C@@H](CCC)N1CCc2ccccc21. The van der Waals surface area contributed by atoms with Crippen molar-refractivity contribution >= 4 is 5.69 Å². The zero-order valence-corrected chi connectivity index (χ0v) is 9.24. The summed E-state index contributed by atoms with van der Waals surface area (Å²) in [7, 11) is 0. The van der Waals surface area contributed by atoms with E-state index in [0.29, 0.717) is 0 Å². The molecule has 0 spiro atoms. The van der Waals surface area contributed by atoms with Gasteiger partial charge >= 0.3 is 0 Å². The molecule has 1 aromatic carbocycles. The average Bonchev–Trinajstić information content (AvgIpc) is 2.70. The van der Waals surface area contributed by atoms with Crippen molar-refractivity contribution in [2.75, 3.05) is 11.4 Å². The number of benzene rings is 1. The van der Waals surface area contributed by atoms with Crippen molar-refractivity contribution in [3.63, 3.8) is 0 Å². The summed E-state index contributed by atoms with van der Waals surface area (Å²) >= 11 is 0. The van der Waals surface area contributed by atoms with Crippen molar-refractivity contribution in [3.05, 3.63) is 29.8 Å². The number of terminal acetylenes is 1. The summed E-state index contributed by atoms with van der Waals surface area (Å²) in [6, 6.07) is 8.86. The lowest BCUT2D eigenvalue weighted by atomic mass is 10.1. The molecule has 0 N–H and O–H groups in total. The molecule has 0 bridgehead atoms. The zero-order valence-electron chi connectivity index (χ0n) is 9.24. The Morgan fingerprint density at radius 1 is 1.47 bits per heavy atom. The Hall–Kier alpha value is -1.42. The molecule has 0 radical (unpaired) electrons. The summed E-state index contributed by atoms with van der Waals surface area (Å²) in [4.78, 5) is 2.37. The minimum Gasteiger partial charge on any atom is -0.357 e. The summed E-state index contributed by atoms with van der Waals surface area (Å²) < 4.78 is 0. The number of fused-ring (bicyclic) bond motifs is 1. The topological polar surface area (TPSA) is 3.24 Å². The molecular weight excluding hydrogens is 182 g/mol. The second-order valence-electron chi connectivity index (χ2n) is 4.04. The molecule has 0 fully saturated rings. The maximum atomic E-state index is 5.60. The van der Waals surface area contributed by atoms with Crippen LogP contribution in [0.25, 0.3) is 0 Å². The standard InChI is InChI=1S/C14H17N/c1-3-7-13(4-2)15-11-10-12-8-5-6-9-14(12)15/h2,5-6,8-9,13H,3,7,10-11H2,1H3/t13-/m0/s1. The molecule has 78 valence electrons. The van der Waals surface area contributed by atoms with Gasteiger partial charge in [0.25, 0.3) is 0 Å². The summed E-state index contributed by atoms with van der Waals surface area (Å²) in [5.41, 5.74) is 2.78. The first-order chi connectivity index (χ1) is 7.36. The number of hydrogen-bond acceptors (Lipinski definition) is 1. The average molecular weight is 199 g/mol. The summed E-state index contributed by atoms with van der Waals surface area (Å²) in [6.07, 6.45) is 8.98. The van der Waals surface area contributed by atoms with E-state index in [2.05, 4.69) is 42.0 Å². The van der Waals surface area contributed by atoms with Crippen LogP contribution in [0.5, 0.6) is 0 Å². The van der Waals surface area contributed by atoms with Crippen LogP contribution in [0.15, 0.2) is 24.3 Å². The molecule has 1 aliphatic heterocycles. The van der Waals surface area contributed by atoms with E-state index >= 15 is 0 Å². The quantitative estimate of drug-likeness (QED) is 0.677. The van der Waals surface area contributed by atoms with E-state index in [0.717, 1.165) is 25.8 Å². The smallest absolute Gasteiger partial charge is 0.0901 e. The molecule has 0 saturated carbocycles. The Balaban J connectivity index is 2.23. The minimum atomic E-state index is 0.277. The molecule has 1 heteroatoms. The van der Waals surface area contributed by atoms with E-state index in [-0.39, 0.29) is 6.04 Å². The summed E-state index contributed by atoms with van der Waals surface area (Å²) in [6.45, 7) is 3.26. The maximum Gasteiger partial charge on any atom is 0.0901 e. The van der Waals surface area contributed by atoms with Gasteiger partial charge in [0.15, 0.2) is 0 Å². The second-order valence-corrected chi connectivity index (χ2v) is 4.04. The largest absolute Gasteiger partial charge is 0.357 e. The monoisotopic (exact) mass is 199 g/mol. The predicted molar refractivity (Wildman–Crippen MR) is 65.0 cm³/mol. The van der Waals surface area contributed by atoms with Gasteiger partial charge in [-0.3, -0.25) is 0 Å². The third-order valence-corrected chi connectivity index (χ3v) is 3.05. The van der Waals surface area contributed by atoms with Gasteiger partial charge in [0.2, 0.25) is 0 Å². The van der Waals surface area contributed by atoms with E-state index in [4.69, 9.17) is 6.42 Å². The van der Waals surface area contributed by atoms with E-state index in [1.165, 1.54) is 11.3 Å². The van der Waals surface area contributed by atoms with Crippen LogP contribution in [0, 0.1) is 12.3 Å². The number of anilines is 1. The molecule has 0 unspecified atom stereocenters. The normalized spacial score (nSPS) is 15.9. The highest BCUT2D eigenvalue weighted by atomic mass is 15.2. The van der Waals surface area contributed by atoms with Gasteiger partial charge in [-0.1, -0.05) is 37.5 Å². The van der Waals surface area contributed by atoms with E-state index in [1.54, 1.807) is 0 Å². The Labute approximate surface area is 92.1 Å². The fraction of sp³-hybridized carbons (Fsp3) is 0.429. The van der Waals surface area contributed by atoms with Crippen molar-refractivity contribution < 1.29 is 0 Å². The molecule has 0 saturated heterocycles. The van der Waals surface area contributed by atoms with Gasteiger partial charge < -0.3 is 4.90 Å². The number of para-hydroxylation sites is 1. The van der Waals surface area contributed by atoms with Crippen molar-refractivity contribution in [1.29, 1.82) is 0 Å². The molecule has 1 atom stereocenters. The van der Waals surface area contributed by atoms with Crippen LogP contribution in [0.4, 0.5) is 5.69 Å². The first-order valence-electron chi connectivity index (χ1n) is 5.67. The van der Waals surface area contributed by atoms with Gasteiger partial charge in [-0.05, 0) is 24.5 Å². The van der Waals surface area contributed by atoms with Gasteiger partial charge in [0.05, 0.1) is 6.04 Å². The van der Waals surface area contributed by atoms with Crippen LogP contribution in [-0.4, -0.2) is 12.6 Å². The number of nitrogens with zero attached hydrogens (tertiary/aromatic N) is 1. The third-order valence-electron chi connectivity index (χ3n) is 3.05. The third kappa shape index (κ3) is 1.85. The van der Waals surface area contributed by atoms with E-state index < -0.39 is 0 Å². The number of rotatable bonds is 3. The highest BCUT2D eigenvalue weighted by Gasteiger charge is 2.23. The molecule has 1 heterocycles. The maximum absolute atomic E-state index is 5.60. The van der Waals surface area contributed by atoms with Gasteiger partial charge in [0, 0.05) is 12.2 Å². The number of hydrogen-bond donors (Lipinski definition) is 0. The van der Waals surface area contributed by atoms with Crippen molar-refractivity contribution in [2.24, 2.45) is 0 Å². The predicted octanol–water partition coefficient (Wildman–Crippen LogP) is 2.85. The molecule has 1 aliphatic rings. The Bertz CT molecular complexity index is 375. The lowest BCUT2D eigenvalue weighted by Gasteiger charge is -2.26. The van der Waals surface area contributed by atoms with Gasteiger partial charge in [-0.25, -0.2) is 0 Å². The fourth-order valence-electron chi connectivity index (χ4n) is 2.29. The van der Waals surface area contributed by atoms with Crippen molar-refractivity contribution in [2.45, 2.75) is 32.2 Å². The molecule has 1 nitrogen and oxygen atoms in total. The molecule has 15 heavy (non-hydrogen) atoms. The Kier molecular flexibility index (Phi) is 2.97. The molecule has 0 aromatic heterocycles. The van der Waals surface area contributed by atoms with Crippen LogP contribution in [-0.2, 0) is 6.42 Å². The summed E-state index contributed by atoms with van der Waals surface area (Å²) in [5, 5.41) is 0. The van der Waals surface area contributed by atoms with Crippen LogP contribution in [0.3, 0.4) is 0 Å². The first kappa shape index (κ1) is 10.1. The second kappa shape index (κ2) is 4.40. The molecule has 0 amide bonds. The van der Waals surface area contributed by atoms with E-state index in [1.807, 2.05) is 0 Å². The Morgan fingerprint density at radius 2 is 2.27 bits per heavy atom. The van der Waals surface area contributed by atoms with Gasteiger partial charge in [-0.15, -0.1) is 6.42 Å². The van der Waals surface area contributed by atoms with Crippen molar-refractivity contribution in [1.82, 2.24) is 0 Å². The highest BCUT2D eigenvalue weighted by molar-refractivity contribution is 5.59. The van der Waals surface area contributed by atoms with Gasteiger partial charge in [0.1, 0.15) is 0 Å². The minimum absolute atomic E-state index is 0.277. The van der Waals surface area contributed by atoms with Crippen molar-refractivity contribution in [3.8, 4) is 12.3 Å². The highest BCUT2D eigenvalue weighted by Crippen LogP contribution is 2.30. The Morgan fingerprint density at radius 3 is 3.00 bits per heavy atom. The van der Waals surface area contributed by atoms with Crippen LogP contribution < -0.4 is 4.90 Å². The lowest BCUT2D eigenvalue weighted by molar-refractivity contribution is 0.655. The summed E-state index contributed by atoms with van der Waals surface area (Å²) in [5.74, 6) is 2.91. The van der Waals surface area contributed by atoms with Crippen LogP contribution in [0.1, 0.15) is 25.3 Å². The molecule has 0 aliphatic carbocycles. The lowest BCUT2D eigenvalue weighted by Crippen LogP contribution is -2.32. The first-order valence-corrected chi connectivity index (χ1v) is 5.67. The van der Waals surface area contributed by atoms with Gasteiger partial charge in [-0.2, -0.15) is 0 Å². The van der Waals surface area contributed by atoms with Crippen LogP contribution >= 0.6 is 0 Å². The van der Waals surface area contributed by atoms with E-state index in [9.17, 15) is 0 Å². The zero-order chi connectivity index (χ0) is 10.7. The molecule has 1 aromatic rings. The molecule has 2 rings (SSSR count). The van der Waals surface area contributed by atoms with Crippen LogP contribution in [0.2, 0.25) is 0 Å². The fourth-order valence-corrected chi connectivity index (χ4v) is 2.29. The molecular formula is C14H17N.